The Morgan fingerprint density at radius 3 is 2.85 bits per heavy atom. The number of anilines is 1. The second-order valence-electron chi connectivity index (χ2n) is 2.93. The Hall–Kier alpha value is -1.69. The van der Waals surface area contributed by atoms with Gasteiger partial charge in [-0.2, -0.15) is 5.26 Å². The summed E-state index contributed by atoms with van der Waals surface area (Å²) in [4.78, 5) is 0. The molecule has 0 aromatic heterocycles. The van der Waals surface area contributed by atoms with E-state index in [2.05, 4.69) is 5.32 Å². The van der Waals surface area contributed by atoms with Crippen LogP contribution in [0.2, 0.25) is 0 Å². The fourth-order valence-corrected chi connectivity index (χ4v) is 0.984. The molecule has 1 aromatic carbocycles. The van der Waals surface area contributed by atoms with Gasteiger partial charge in [0.1, 0.15) is 5.75 Å². The van der Waals surface area contributed by atoms with Gasteiger partial charge in [-0.25, -0.2) is 0 Å². The predicted molar refractivity (Wildman–Crippen MR) is 51.4 cm³/mol. The van der Waals surface area contributed by atoms with Crippen molar-refractivity contribution in [1.29, 1.82) is 5.26 Å². The van der Waals surface area contributed by atoms with Crippen molar-refractivity contribution in [2.45, 2.75) is 20.0 Å². The third-order valence-electron chi connectivity index (χ3n) is 1.41. The molecular formula is C10H12N2O. The van der Waals surface area contributed by atoms with E-state index in [0.29, 0.717) is 0 Å². The normalized spacial score (nSPS) is 9.38. The van der Waals surface area contributed by atoms with Gasteiger partial charge in [0.25, 0.3) is 0 Å². The Labute approximate surface area is 77.9 Å². The zero-order valence-corrected chi connectivity index (χ0v) is 7.74. The molecule has 0 aliphatic heterocycles. The lowest BCUT2D eigenvalue weighted by atomic mass is 10.3. The van der Waals surface area contributed by atoms with Gasteiger partial charge < -0.3 is 4.74 Å². The van der Waals surface area contributed by atoms with Gasteiger partial charge in [0.05, 0.1) is 11.8 Å². The Balaban J connectivity index is 2.74. The summed E-state index contributed by atoms with van der Waals surface area (Å²) in [6.07, 6.45) is 2.01. The van der Waals surface area contributed by atoms with Crippen LogP contribution in [0.15, 0.2) is 24.3 Å². The summed E-state index contributed by atoms with van der Waals surface area (Å²) < 4.78 is 5.45. The average Bonchev–Trinajstić information content (AvgIpc) is 2.04. The first-order valence-corrected chi connectivity index (χ1v) is 4.14. The van der Waals surface area contributed by atoms with Crippen LogP contribution < -0.4 is 10.1 Å². The molecule has 0 radical (unpaired) electrons. The largest absolute Gasteiger partial charge is 0.491 e. The van der Waals surface area contributed by atoms with Crippen molar-refractivity contribution in [3.05, 3.63) is 24.3 Å². The second kappa shape index (κ2) is 4.36. The number of nitriles is 1. The van der Waals surface area contributed by atoms with Gasteiger partial charge >= 0.3 is 0 Å². The highest BCUT2D eigenvalue weighted by Gasteiger charge is 1.97. The molecule has 68 valence electrons. The van der Waals surface area contributed by atoms with Crippen molar-refractivity contribution in [1.82, 2.24) is 0 Å². The van der Waals surface area contributed by atoms with E-state index in [1.807, 2.05) is 38.2 Å². The van der Waals surface area contributed by atoms with Crippen LogP contribution in [0.4, 0.5) is 5.69 Å². The van der Waals surface area contributed by atoms with E-state index >= 15 is 0 Å². The van der Waals surface area contributed by atoms with Crippen molar-refractivity contribution in [2.75, 3.05) is 5.32 Å². The van der Waals surface area contributed by atoms with Gasteiger partial charge in [-0.3, -0.25) is 5.32 Å². The van der Waals surface area contributed by atoms with E-state index in [0.717, 1.165) is 11.4 Å². The summed E-state index contributed by atoms with van der Waals surface area (Å²) in [5.74, 6) is 0.773. The summed E-state index contributed by atoms with van der Waals surface area (Å²) >= 11 is 0. The molecule has 13 heavy (non-hydrogen) atoms. The third kappa shape index (κ3) is 3.04. The monoisotopic (exact) mass is 176 g/mol. The molecule has 3 heteroatoms. The van der Waals surface area contributed by atoms with E-state index in [9.17, 15) is 0 Å². The number of rotatable bonds is 3. The molecule has 0 amide bonds. The average molecular weight is 176 g/mol. The fourth-order valence-electron chi connectivity index (χ4n) is 0.984. The minimum atomic E-state index is 0.150. The lowest BCUT2D eigenvalue weighted by Crippen LogP contribution is -2.05. The van der Waals surface area contributed by atoms with Crippen LogP contribution in [0.5, 0.6) is 5.75 Å². The maximum atomic E-state index is 8.39. The maximum Gasteiger partial charge on any atom is 0.181 e. The molecule has 0 saturated carbocycles. The van der Waals surface area contributed by atoms with Crippen LogP contribution in [-0.4, -0.2) is 6.10 Å². The van der Waals surface area contributed by atoms with Gasteiger partial charge in [-0.1, -0.05) is 6.07 Å². The van der Waals surface area contributed by atoms with Gasteiger partial charge in [-0.15, -0.1) is 0 Å². The molecule has 0 aliphatic carbocycles. The molecule has 0 saturated heterocycles. The molecule has 3 nitrogen and oxygen atoms in total. The molecule has 0 heterocycles. The molecule has 0 atom stereocenters. The minimum Gasteiger partial charge on any atom is -0.491 e. The molecule has 1 aromatic rings. The zero-order valence-electron chi connectivity index (χ0n) is 7.74. The van der Waals surface area contributed by atoms with Crippen molar-refractivity contribution < 1.29 is 4.74 Å². The van der Waals surface area contributed by atoms with Crippen LogP contribution in [0.25, 0.3) is 0 Å². The number of hydrogen-bond acceptors (Lipinski definition) is 3. The Kier molecular flexibility index (Phi) is 3.15. The SMILES string of the molecule is CC(C)Oc1cccc(NC#N)c1. The first-order valence-electron chi connectivity index (χ1n) is 4.14. The third-order valence-corrected chi connectivity index (χ3v) is 1.41. The maximum absolute atomic E-state index is 8.39. The fraction of sp³-hybridized carbons (Fsp3) is 0.300. The number of nitrogens with one attached hydrogen (secondary N) is 1. The molecule has 0 bridgehead atoms. The van der Waals surface area contributed by atoms with E-state index in [-0.39, 0.29) is 6.10 Å². The molecule has 1 rings (SSSR count). The summed E-state index contributed by atoms with van der Waals surface area (Å²) in [5, 5.41) is 10.9. The number of nitrogens with zero attached hydrogens (tertiary/aromatic N) is 1. The lowest BCUT2D eigenvalue weighted by molar-refractivity contribution is 0.242. The van der Waals surface area contributed by atoms with E-state index in [1.165, 1.54) is 0 Å². The highest BCUT2D eigenvalue weighted by molar-refractivity contribution is 5.50. The topological polar surface area (TPSA) is 45.0 Å². The summed E-state index contributed by atoms with van der Waals surface area (Å²) in [6, 6.07) is 7.32. The van der Waals surface area contributed by atoms with E-state index in [1.54, 1.807) is 6.07 Å². The van der Waals surface area contributed by atoms with Crippen molar-refractivity contribution >= 4 is 5.69 Å². The smallest absolute Gasteiger partial charge is 0.181 e. The van der Waals surface area contributed by atoms with Crippen molar-refractivity contribution in [3.8, 4) is 11.9 Å². The standard InChI is InChI=1S/C10H12N2O/c1-8(2)13-10-5-3-4-9(6-10)12-7-11/h3-6,8,12H,1-2H3. The summed E-state index contributed by atoms with van der Waals surface area (Å²) in [7, 11) is 0. The van der Waals surface area contributed by atoms with E-state index in [4.69, 9.17) is 10.00 Å². The quantitative estimate of drug-likeness (QED) is 0.568. The molecule has 0 aliphatic rings. The van der Waals surface area contributed by atoms with Gasteiger partial charge in [0.15, 0.2) is 6.19 Å². The Bertz CT molecular complexity index is 315. The van der Waals surface area contributed by atoms with Gasteiger partial charge in [0.2, 0.25) is 0 Å². The summed E-state index contributed by atoms with van der Waals surface area (Å²) in [6.45, 7) is 3.93. The summed E-state index contributed by atoms with van der Waals surface area (Å²) in [5.41, 5.74) is 0.751. The van der Waals surface area contributed by atoms with Gasteiger partial charge in [-0.05, 0) is 26.0 Å². The molecule has 0 spiro atoms. The zero-order chi connectivity index (χ0) is 9.68. The Morgan fingerprint density at radius 2 is 2.23 bits per heavy atom. The van der Waals surface area contributed by atoms with Gasteiger partial charge in [0, 0.05) is 6.07 Å². The lowest BCUT2D eigenvalue weighted by Gasteiger charge is -2.09. The van der Waals surface area contributed by atoms with Crippen LogP contribution >= 0.6 is 0 Å². The Morgan fingerprint density at radius 1 is 1.46 bits per heavy atom. The predicted octanol–water partition coefficient (Wildman–Crippen LogP) is 2.37. The number of benzene rings is 1. The van der Waals surface area contributed by atoms with Crippen LogP contribution in [0.3, 0.4) is 0 Å². The number of hydrogen-bond donors (Lipinski definition) is 1. The first kappa shape index (κ1) is 9.40. The molecule has 0 fully saturated rings. The minimum absolute atomic E-state index is 0.150. The van der Waals surface area contributed by atoms with Crippen LogP contribution in [-0.2, 0) is 0 Å². The molecule has 0 unspecified atom stereocenters. The van der Waals surface area contributed by atoms with E-state index < -0.39 is 0 Å². The molecule has 1 N–H and O–H groups in total. The van der Waals surface area contributed by atoms with Crippen LogP contribution in [0.1, 0.15) is 13.8 Å². The number of ether oxygens (including phenoxy) is 1. The second-order valence-corrected chi connectivity index (χ2v) is 2.93. The van der Waals surface area contributed by atoms with Crippen molar-refractivity contribution in [2.24, 2.45) is 0 Å². The highest BCUT2D eigenvalue weighted by Crippen LogP contribution is 2.17. The first-order chi connectivity index (χ1) is 6.22. The highest BCUT2D eigenvalue weighted by atomic mass is 16.5. The molecular weight excluding hydrogens is 164 g/mol. The van der Waals surface area contributed by atoms with Crippen molar-refractivity contribution in [3.63, 3.8) is 0 Å². The van der Waals surface area contributed by atoms with Crippen LogP contribution in [0, 0.1) is 11.5 Å².